The van der Waals surface area contributed by atoms with E-state index in [2.05, 4.69) is 157 Å². The van der Waals surface area contributed by atoms with Crippen molar-refractivity contribution in [3.05, 3.63) is 174 Å². The minimum absolute atomic E-state index is 0.0855. The van der Waals surface area contributed by atoms with Crippen molar-refractivity contribution in [1.29, 1.82) is 0 Å². The molecule has 7 aliphatic rings. The number of fused-ring (bicyclic) bond motifs is 12. The number of nitrogens with zero attached hydrogens (tertiary/aromatic N) is 1. The Hall–Kier alpha value is -5.86. The van der Waals surface area contributed by atoms with Crippen molar-refractivity contribution in [1.82, 2.24) is 0 Å². The first-order valence-corrected chi connectivity index (χ1v) is 23.5. The Bertz CT molecular complexity index is 3060. The summed E-state index contributed by atoms with van der Waals surface area (Å²) in [5, 5.41) is 2.33. The van der Waals surface area contributed by atoms with Crippen molar-refractivity contribution in [3.8, 4) is 33.4 Å². The quantitative estimate of drug-likeness (QED) is 0.177. The molecule has 0 aliphatic heterocycles. The van der Waals surface area contributed by atoms with Gasteiger partial charge in [0.15, 0.2) is 0 Å². The van der Waals surface area contributed by atoms with Crippen molar-refractivity contribution < 1.29 is 4.42 Å². The van der Waals surface area contributed by atoms with Gasteiger partial charge >= 0.3 is 0 Å². The molecule has 298 valence electrons. The highest BCUT2D eigenvalue weighted by atomic mass is 16.3. The second kappa shape index (κ2) is 12.8. The maximum atomic E-state index is 6.53. The number of anilines is 3. The van der Waals surface area contributed by atoms with Crippen LogP contribution in [0.2, 0.25) is 0 Å². The van der Waals surface area contributed by atoms with Crippen LogP contribution in [0.5, 0.6) is 0 Å². The molecule has 5 fully saturated rings. The molecule has 0 amide bonds. The van der Waals surface area contributed by atoms with E-state index in [0.717, 1.165) is 40.4 Å². The zero-order chi connectivity index (χ0) is 39.9. The van der Waals surface area contributed by atoms with Crippen molar-refractivity contribution in [3.63, 3.8) is 0 Å². The standard InChI is InChI=1S/C59H51NO/c1-8-29-58(30-9-1)52-16-5-2-11-46(52)48-27-25-44(36-55(48)58)60(42-23-20-39(21-24-42)45-14-10-15-50-49-13-4-7-18-56(49)61-57(45)50)43-26-28-54-51(35-43)47-12-3-6-17-53(47)59(54)40-22-19-37-31-38(33-40)34-41(59)32-37/h2-7,10-18,20-21,23-28,35-38,40-41H,1,8-9,19,22,29-34H2. The second-order valence-electron chi connectivity index (χ2n) is 19.9. The summed E-state index contributed by atoms with van der Waals surface area (Å²) in [5.41, 5.74) is 20.2. The zero-order valence-electron chi connectivity index (χ0n) is 34.9. The van der Waals surface area contributed by atoms with Crippen LogP contribution in [0, 0.1) is 23.7 Å². The van der Waals surface area contributed by atoms with Gasteiger partial charge in [0.25, 0.3) is 0 Å². The molecule has 7 aromatic carbocycles. The van der Waals surface area contributed by atoms with Crippen LogP contribution in [0.25, 0.3) is 55.3 Å². The highest BCUT2D eigenvalue weighted by molar-refractivity contribution is 6.09. The van der Waals surface area contributed by atoms with E-state index in [-0.39, 0.29) is 10.8 Å². The van der Waals surface area contributed by atoms with E-state index in [1.807, 2.05) is 0 Å². The summed E-state index contributed by atoms with van der Waals surface area (Å²) in [6.45, 7) is 0. The van der Waals surface area contributed by atoms with Gasteiger partial charge in [0.2, 0.25) is 0 Å². The normalized spacial score (nSPS) is 24.9. The van der Waals surface area contributed by atoms with E-state index >= 15 is 0 Å². The molecule has 0 radical (unpaired) electrons. The Morgan fingerprint density at radius 3 is 1.98 bits per heavy atom. The number of benzene rings is 7. The van der Waals surface area contributed by atoms with Crippen LogP contribution in [0.1, 0.15) is 92.9 Å². The Morgan fingerprint density at radius 1 is 0.443 bits per heavy atom. The smallest absolute Gasteiger partial charge is 0.143 e. The fraction of sp³-hybridized carbons (Fsp3) is 0.288. The average Bonchev–Trinajstić information content (AvgIpc) is 3.86. The van der Waals surface area contributed by atoms with Crippen molar-refractivity contribution >= 4 is 39.0 Å². The van der Waals surface area contributed by atoms with Gasteiger partial charge < -0.3 is 9.32 Å². The molecule has 5 atom stereocenters. The van der Waals surface area contributed by atoms with E-state index < -0.39 is 0 Å². The molecule has 2 spiro atoms. The number of rotatable bonds is 4. The van der Waals surface area contributed by atoms with E-state index in [1.165, 1.54) is 132 Å². The van der Waals surface area contributed by atoms with Crippen LogP contribution >= 0.6 is 0 Å². The van der Waals surface area contributed by atoms with Gasteiger partial charge in [-0.05, 0) is 161 Å². The van der Waals surface area contributed by atoms with Crippen LogP contribution in [0.3, 0.4) is 0 Å². The zero-order valence-corrected chi connectivity index (χ0v) is 34.9. The maximum Gasteiger partial charge on any atom is 0.143 e. The van der Waals surface area contributed by atoms with Crippen molar-refractivity contribution in [2.24, 2.45) is 23.7 Å². The summed E-state index contributed by atoms with van der Waals surface area (Å²) < 4.78 is 6.53. The SMILES string of the molecule is c1ccc2c(c1)-c1ccc(N(c3ccc(-c4cccc5c4oc4ccccc45)cc3)c3ccc4c(c3)-c3ccccc3C43C4CCC5CC(C4)CC3C5)cc1C21CCCCC1. The molecule has 0 N–H and O–H groups in total. The highest BCUT2D eigenvalue weighted by Crippen LogP contribution is 2.68. The molecule has 4 bridgehead atoms. The van der Waals surface area contributed by atoms with Crippen LogP contribution < -0.4 is 4.90 Å². The predicted octanol–water partition coefficient (Wildman–Crippen LogP) is 16.1. The van der Waals surface area contributed by atoms with Gasteiger partial charge in [0, 0.05) is 44.2 Å². The fourth-order valence-electron chi connectivity index (χ4n) is 14.9. The Balaban J connectivity index is 0.949. The fourth-order valence-corrected chi connectivity index (χ4v) is 14.9. The van der Waals surface area contributed by atoms with E-state index in [1.54, 1.807) is 16.7 Å². The summed E-state index contributed by atoms with van der Waals surface area (Å²) in [4.78, 5) is 2.57. The molecule has 5 unspecified atom stereocenters. The molecule has 15 rings (SSSR count). The molecule has 1 aromatic heterocycles. The Labute approximate surface area is 359 Å². The lowest BCUT2D eigenvalue weighted by atomic mass is 9.51. The molecule has 0 saturated heterocycles. The lowest BCUT2D eigenvalue weighted by Gasteiger charge is -2.53. The Kier molecular flexibility index (Phi) is 7.32. The minimum atomic E-state index is 0.0855. The maximum absolute atomic E-state index is 6.53. The first-order chi connectivity index (χ1) is 30.2. The predicted molar refractivity (Wildman–Crippen MR) is 251 cm³/mol. The van der Waals surface area contributed by atoms with Crippen LogP contribution in [-0.2, 0) is 10.8 Å². The van der Waals surface area contributed by atoms with Gasteiger partial charge in [-0.3, -0.25) is 0 Å². The van der Waals surface area contributed by atoms with Crippen LogP contribution in [0.4, 0.5) is 17.1 Å². The van der Waals surface area contributed by atoms with Gasteiger partial charge in [-0.2, -0.15) is 0 Å². The average molecular weight is 790 g/mol. The molecular weight excluding hydrogens is 739 g/mol. The van der Waals surface area contributed by atoms with Gasteiger partial charge in [-0.1, -0.05) is 135 Å². The monoisotopic (exact) mass is 789 g/mol. The second-order valence-corrected chi connectivity index (χ2v) is 19.9. The summed E-state index contributed by atoms with van der Waals surface area (Å²) in [6, 6.07) is 58.3. The molecule has 2 nitrogen and oxygen atoms in total. The molecule has 2 heteroatoms. The molecule has 8 aromatic rings. The lowest BCUT2D eigenvalue weighted by Crippen LogP contribution is -2.48. The number of hydrogen-bond donors (Lipinski definition) is 0. The number of hydrogen-bond acceptors (Lipinski definition) is 2. The minimum Gasteiger partial charge on any atom is -0.455 e. The topological polar surface area (TPSA) is 16.4 Å². The van der Waals surface area contributed by atoms with Gasteiger partial charge in [0.1, 0.15) is 11.2 Å². The Morgan fingerprint density at radius 2 is 1.10 bits per heavy atom. The first-order valence-electron chi connectivity index (χ1n) is 23.5. The van der Waals surface area contributed by atoms with Gasteiger partial charge in [-0.25, -0.2) is 0 Å². The third-order valence-corrected chi connectivity index (χ3v) is 17.2. The molecule has 1 heterocycles. The number of furan rings is 1. The summed E-state index contributed by atoms with van der Waals surface area (Å²) in [5.74, 6) is 3.32. The first kappa shape index (κ1) is 34.8. The molecule has 61 heavy (non-hydrogen) atoms. The third kappa shape index (κ3) is 4.74. The van der Waals surface area contributed by atoms with Crippen LogP contribution in [-0.4, -0.2) is 0 Å². The van der Waals surface area contributed by atoms with Gasteiger partial charge in [0.05, 0.1) is 0 Å². The largest absolute Gasteiger partial charge is 0.455 e. The van der Waals surface area contributed by atoms with Gasteiger partial charge in [-0.15, -0.1) is 0 Å². The van der Waals surface area contributed by atoms with Crippen molar-refractivity contribution in [2.75, 3.05) is 4.90 Å². The van der Waals surface area contributed by atoms with E-state index in [9.17, 15) is 0 Å². The summed E-state index contributed by atoms with van der Waals surface area (Å²) >= 11 is 0. The molecule has 5 saturated carbocycles. The highest BCUT2D eigenvalue weighted by Gasteiger charge is 2.59. The molecular formula is C59H51NO. The van der Waals surface area contributed by atoms with Crippen molar-refractivity contribution in [2.45, 2.75) is 81.5 Å². The summed E-state index contributed by atoms with van der Waals surface area (Å²) in [7, 11) is 0. The van der Waals surface area contributed by atoms with E-state index in [4.69, 9.17) is 4.42 Å². The molecule has 7 aliphatic carbocycles. The van der Waals surface area contributed by atoms with E-state index in [0.29, 0.717) is 0 Å². The lowest BCUT2D eigenvalue weighted by molar-refractivity contribution is 0.0618. The van der Waals surface area contributed by atoms with Crippen LogP contribution in [0.15, 0.2) is 156 Å². The summed E-state index contributed by atoms with van der Waals surface area (Å²) in [6.07, 6.45) is 14.9. The third-order valence-electron chi connectivity index (χ3n) is 17.2. The number of para-hydroxylation sites is 2.